The van der Waals surface area contributed by atoms with E-state index in [0.29, 0.717) is 0 Å². The molecule has 26 valence electrons. The van der Waals surface area contributed by atoms with Gasteiger partial charge in [0.2, 0.25) is 0 Å². The van der Waals surface area contributed by atoms with Gasteiger partial charge in [-0.1, -0.05) is 0 Å². The minimum absolute atomic E-state index is 0. The second-order valence-electron chi connectivity index (χ2n) is 0.952. The molecule has 0 saturated heterocycles. The molecule has 0 unspecified atom stereocenters. The Balaban J connectivity index is 2.59. The van der Waals surface area contributed by atoms with Crippen LogP contribution in [0.2, 0.25) is 0 Å². The average Bonchev–Trinajstić information content (AvgIpc) is 1.79. The first-order valence-electron chi connectivity index (χ1n) is 1.33. The Morgan fingerprint density at radius 1 is 1.20 bits per heavy atom. The molecule has 0 spiro atoms. The van der Waals surface area contributed by atoms with Gasteiger partial charge in [0.1, 0.15) is 0 Å². The van der Waals surface area contributed by atoms with Crippen LogP contribution in [0, 0.1) is 0 Å². The van der Waals surface area contributed by atoms with E-state index in [1.165, 1.54) is 0 Å². The summed E-state index contributed by atoms with van der Waals surface area (Å²) in [7, 11) is 0. The van der Waals surface area contributed by atoms with Crippen LogP contribution < -0.4 is 11.5 Å². The zero-order valence-corrected chi connectivity index (χ0v) is 4.75. The van der Waals surface area contributed by atoms with Crippen molar-refractivity contribution in [2.45, 2.75) is 0 Å². The molecule has 0 saturated carbocycles. The second-order valence-corrected chi connectivity index (χ2v) is 3.74. The Morgan fingerprint density at radius 2 is 1.40 bits per heavy atom. The van der Waals surface area contributed by atoms with Crippen molar-refractivity contribution in [1.82, 2.24) is 0 Å². The number of hydrogen-bond donors (Lipinski definition) is 2. The predicted molar refractivity (Wildman–Crippen MR) is 24.1 cm³/mol. The van der Waals surface area contributed by atoms with E-state index >= 15 is 0 Å². The van der Waals surface area contributed by atoms with Crippen molar-refractivity contribution in [1.29, 1.82) is 0 Å². The predicted octanol–water partition coefficient (Wildman–Crippen LogP) is -2.12. The molecule has 1 heterocycles. The molecule has 2 nitrogen and oxygen atoms in total. The second kappa shape index (κ2) is 0.681. The van der Waals surface area contributed by atoms with Crippen molar-refractivity contribution < 1.29 is 0 Å². The van der Waals surface area contributed by atoms with Gasteiger partial charge in [-0.25, -0.2) is 0 Å². The van der Waals surface area contributed by atoms with Crippen LogP contribution in [0.5, 0.6) is 0 Å². The third-order valence-electron chi connectivity index (χ3n) is 0.497. The molecule has 1 rings (SSSR count). The summed E-state index contributed by atoms with van der Waals surface area (Å²) >= 11 is 0. The van der Waals surface area contributed by atoms with Gasteiger partial charge in [0, 0.05) is 0 Å². The summed E-state index contributed by atoms with van der Waals surface area (Å²) in [6, 6.07) is 0. The quantitative estimate of drug-likeness (QED) is 0.367. The Morgan fingerprint density at radius 3 is 1.40 bits per heavy atom. The summed E-state index contributed by atoms with van der Waals surface area (Å²) in [5.74, 6) is 0. The summed E-state index contributed by atoms with van der Waals surface area (Å²) in [4.78, 5) is 0. The molecule has 0 aliphatic carbocycles. The van der Waals surface area contributed by atoms with Crippen molar-refractivity contribution in [2.24, 2.45) is 11.5 Å². The summed E-state index contributed by atoms with van der Waals surface area (Å²) in [6.07, 6.45) is 0. The van der Waals surface area contributed by atoms with E-state index in [9.17, 15) is 0 Å². The Kier molecular flexibility index (Phi) is 0.421. The average molecular weight is 129 g/mol. The standard InChI is InChI=1S/C2H4GeN2/c4-1-2(5)3-1/h4-5H2. The van der Waals surface area contributed by atoms with Gasteiger partial charge in [-0.05, 0) is 0 Å². The third-order valence-corrected chi connectivity index (χ3v) is 2.23. The topological polar surface area (TPSA) is 52.0 Å². The van der Waals surface area contributed by atoms with Crippen molar-refractivity contribution in [2.75, 3.05) is 0 Å². The molecule has 3 heteroatoms. The fraction of sp³-hybridized carbons (Fsp3) is 0. The molecule has 0 aromatic carbocycles. The van der Waals surface area contributed by atoms with E-state index in [1.54, 1.807) is 0 Å². The molecule has 1 aliphatic heterocycles. The third kappa shape index (κ3) is 0.398. The van der Waals surface area contributed by atoms with Crippen LogP contribution in [0.15, 0.2) is 0 Å². The van der Waals surface area contributed by atoms with Crippen molar-refractivity contribution in [3.8, 4) is 0 Å². The SMILES string of the molecule is N[C]1=[Ge]=[C]1N. The van der Waals surface area contributed by atoms with Crippen molar-refractivity contribution in [3.05, 3.63) is 0 Å². The van der Waals surface area contributed by atoms with Gasteiger partial charge in [0.25, 0.3) is 0 Å². The number of rotatable bonds is 0. The fourth-order valence-corrected chi connectivity index (χ4v) is 0.592. The molecule has 0 bridgehead atoms. The Hall–Kier alpha value is -0.117. The van der Waals surface area contributed by atoms with E-state index in [2.05, 4.69) is 0 Å². The molecule has 0 aromatic rings. The molecular formula is C2H4GeN2. The first-order chi connectivity index (χ1) is 2.30. The normalized spacial score (nSPS) is 16.8. The minimum atomic E-state index is 0. The van der Waals surface area contributed by atoms with Crippen LogP contribution in [-0.4, -0.2) is 23.5 Å². The van der Waals surface area contributed by atoms with Crippen LogP contribution >= 0.6 is 0 Å². The summed E-state index contributed by atoms with van der Waals surface area (Å²) in [5, 5.41) is 0. The summed E-state index contributed by atoms with van der Waals surface area (Å²) in [5.41, 5.74) is 10.4. The monoisotopic (exact) mass is 130 g/mol. The van der Waals surface area contributed by atoms with E-state index in [4.69, 9.17) is 11.5 Å². The molecule has 0 atom stereocenters. The van der Waals surface area contributed by atoms with Crippen LogP contribution in [0.1, 0.15) is 0 Å². The molecule has 4 N–H and O–H groups in total. The first kappa shape index (κ1) is 3.09. The zero-order valence-electron chi connectivity index (χ0n) is 2.65. The molecule has 0 amide bonds. The van der Waals surface area contributed by atoms with Crippen molar-refractivity contribution >= 4 is 23.5 Å². The zero-order chi connectivity index (χ0) is 3.86. The molecule has 0 aromatic heterocycles. The van der Waals surface area contributed by atoms with Gasteiger partial charge >= 0.3 is 35.0 Å². The van der Waals surface area contributed by atoms with E-state index < -0.39 is 0 Å². The maximum atomic E-state index is 5.18. The van der Waals surface area contributed by atoms with Crippen LogP contribution in [0.25, 0.3) is 0 Å². The molecule has 0 fully saturated rings. The van der Waals surface area contributed by atoms with Gasteiger partial charge in [-0.3, -0.25) is 0 Å². The Bertz CT molecular complexity index is 108. The molecule has 0 radical (unpaired) electrons. The fourth-order valence-electron chi connectivity index (χ4n) is 0.114. The van der Waals surface area contributed by atoms with Gasteiger partial charge in [-0.2, -0.15) is 0 Å². The first-order valence-corrected chi connectivity index (χ1v) is 3.43. The van der Waals surface area contributed by atoms with E-state index in [0.717, 1.165) is 8.95 Å². The van der Waals surface area contributed by atoms with Crippen molar-refractivity contribution in [3.63, 3.8) is 0 Å². The maximum absolute atomic E-state index is 5.18. The number of nitrogens with two attached hydrogens (primary N) is 2. The van der Waals surface area contributed by atoms with Gasteiger partial charge in [-0.15, -0.1) is 0 Å². The van der Waals surface area contributed by atoms with Crippen LogP contribution in [0.3, 0.4) is 0 Å². The van der Waals surface area contributed by atoms with E-state index in [-0.39, 0.29) is 14.6 Å². The van der Waals surface area contributed by atoms with Gasteiger partial charge in [0.15, 0.2) is 0 Å². The molecule has 5 heavy (non-hydrogen) atoms. The van der Waals surface area contributed by atoms with Gasteiger partial charge in [0.05, 0.1) is 0 Å². The number of hydrogen-bond acceptors (Lipinski definition) is 2. The molecular weight excluding hydrogens is 125 g/mol. The van der Waals surface area contributed by atoms with Crippen LogP contribution in [0.4, 0.5) is 0 Å². The summed E-state index contributed by atoms with van der Waals surface area (Å²) < 4.78 is 1.98. The Labute approximate surface area is 35.7 Å². The summed E-state index contributed by atoms with van der Waals surface area (Å²) in [6.45, 7) is 0. The van der Waals surface area contributed by atoms with Crippen LogP contribution in [-0.2, 0) is 0 Å². The van der Waals surface area contributed by atoms with Gasteiger partial charge < -0.3 is 0 Å². The van der Waals surface area contributed by atoms with E-state index in [1.807, 2.05) is 0 Å². The molecule has 1 aliphatic rings.